The van der Waals surface area contributed by atoms with Crippen molar-refractivity contribution in [2.24, 2.45) is 5.92 Å². The van der Waals surface area contributed by atoms with Crippen LogP contribution in [0.5, 0.6) is 0 Å². The highest BCUT2D eigenvalue weighted by atomic mass is 15.2. The van der Waals surface area contributed by atoms with Gasteiger partial charge in [-0.1, -0.05) is 13.3 Å². The number of pyridine rings is 1. The number of hydrogen-bond donors (Lipinski definition) is 0. The third-order valence-electron chi connectivity index (χ3n) is 4.37. The molecule has 0 aliphatic heterocycles. The van der Waals surface area contributed by atoms with Gasteiger partial charge in [-0.2, -0.15) is 5.26 Å². The molecular weight excluding hydrogens is 234 g/mol. The summed E-state index contributed by atoms with van der Waals surface area (Å²) in [6.45, 7) is 4.24. The number of anilines is 1. The molecule has 0 atom stereocenters. The van der Waals surface area contributed by atoms with E-state index in [0.717, 1.165) is 17.4 Å². The number of aromatic nitrogens is 1. The second-order valence-electron chi connectivity index (χ2n) is 5.66. The van der Waals surface area contributed by atoms with Crippen molar-refractivity contribution in [3.05, 3.63) is 23.4 Å². The van der Waals surface area contributed by atoms with Crippen LogP contribution in [0.1, 0.15) is 50.3 Å². The molecule has 2 rings (SSSR count). The van der Waals surface area contributed by atoms with Gasteiger partial charge in [-0.15, -0.1) is 0 Å². The summed E-state index contributed by atoms with van der Waals surface area (Å²) in [6, 6.07) is 6.53. The van der Waals surface area contributed by atoms with Crippen LogP contribution in [0.25, 0.3) is 0 Å². The van der Waals surface area contributed by atoms with Crippen molar-refractivity contribution in [3.8, 4) is 6.07 Å². The van der Waals surface area contributed by atoms with Gasteiger partial charge in [0.1, 0.15) is 5.82 Å². The Labute approximate surface area is 116 Å². The summed E-state index contributed by atoms with van der Waals surface area (Å²) in [5.74, 6) is 1.85. The molecule has 1 aromatic heterocycles. The van der Waals surface area contributed by atoms with Gasteiger partial charge in [0.15, 0.2) is 0 Å². The fraction of sp³-hybridized carbons (Fsp3) is 0.625. The van der Waals surface area contributed by atoms with E-state index in [2.05, 4.69) is 29.9 Å². The van der Waals surface area contributed by atoms with Crippen LogP contribution in [0, 0.1) is 24.2 Å². The Bertz CT molecular complexity index is 467. The van der Waals surface area contributed by atoms with E-state index in [9.17, 15) is 0 Å². The first-order valence-corrected chi connectivity index (χ1v) is 7.25. The van der Waals surface area contributed by atoms with E-state index in [4.69, 9.17) is 5.26 Å². The number of hydrogen-bond acceptors (Lipinski definition) is 3. The fourth-order valence-corrected chi connectivity index (χ4v) is 3.02. The normalized spacial score (nSPS) is 22.8. The molecule has 1 fully saturated rings. The molecule has 3 nitrogen and oxygen atoms in total. The third kappa shape index (κ3) is 3.26. The molecule has 1 aromatic rings. The predicted octanol–water partition coefficient (Wildman–Crippen LogP) is 3.67. The topological polar surface area (TPSA) is 39.9 Å². The van der Waals surface area contributed by atoms with Crippen LogP contribution in [0.3, 0.4) is 0 Å². The minimum absolute atomic E-state index is 0.573. The van der Waals surface area contributed by atoms with Crippen molar-refractivity contribution >= 4 is 5.82 Å². The van der Waals surface area contributed by atoms with Gasteiger partial charge < -0.3 is 4.90 Å². The van der Waals surface area contributed by atoms with Crippen molar-refractivity contribution in [3.63, 3.8) is 0 Å². The number of rotatable bonds is 3. The zero-order valence-electron chi connectivity index (χ0n) is 12.2. The Morgan fingerprint density at radius 1 is 1.32 bits per heavy atom. The van der Waals surface area contributed by atoms with E-state index < -0.39 is 0 Å². The molecule has 19 heavy (non-hydrogen) atoms. The van der Waals surface area contributed by atoms with Gasteiger partial charge in [-0.3, -0.25) is 0 Å². The summed E-state index contributed by atoms with van der Waals surface area (Å²) >= 11 is 0. The first-order valence-electron chi connectivity index (χ1n) is 7.25. The summed E-state index contributed by atoms with van der Waals surface area (Å²) in [6.07, 6.45) is 6.43. The third-order valence-corrected chi connectivity index (χ3v) is 4.37. The summed E-state index contributed by atoms with van der Waals surface area (Å²) in [5, 5.41) is 9.05. The van der Waals surface area contributed by atoms with E-state index >= 15 is 0 Å². The lowest BCUT2D eigenvalue weighted by molar-refractivity contribution is 0.313. The molecule has 102 valence electrons. The molecule has 0 unspecified atom stereocenters. The van der Waals surface area contributed by atoms with Gasteiger partial charge in [-0.25, -0.2) is 4.98 Å². The molecule has 1 heterocycles. The van der Waals surface area contributed by atoms with E-state index in [1.807, 2.05) is 19.1 Å². The molecule has 0 radical (unpaired) electrons. The molecule has 3 heteroatoms. The fourth-order valence-electron chi connectivity index (χ4n) is 3.02. The van der Waals surface area contributed by atoms with Crippen LogP contribution in [-0.2, 0) is 0 Å². The second-order valence-corrected chi connectivity index (χ2v) is 5.66. The van der Waals surface area contributed by atoms with E-state index in [1.165, 1.54) is 32.1 Å². The summed E-state index contributed by atoms with van der Waals surface area (Å²) in [7, 11) is 2.11. The van der Waals surface area contributed by atoms with Crippen LogP contribution in [0.4, 0.5) is 5.82 Å². The monoisotopic (exact) mass is 257 g/mol. The maximum Gasteiger partial charge on any atom is 0.130 e. The SMILES string of the molecule is CCC1CCC(N(C)c2cc(C#N)cc(C)n2)CC1. The number of nitriles is 1. The summed E-state index contributed by atoms with van der Waals surface area (Å²) < 4.78 is 0. The highest BCUT2D eigenvalue weighted by Crippen LogP contribution is 2.30. The molecule has 0 aromatic carbocycles. The van der Waals surface area contributed by atoms with Crippen LogP contribution < -0.4 is 4.90 Å². The average Bonchev–Trinajstić information content (AvgIpc) is 2.46. The lowest BCUT2D eigenvalue weighted by Crippen LogP contribution is -2.35. The molecule has 0 bridgehead atoms. The zero-order chi connectivity index (χ0) is 13.8. The number of aryl methyl sites for hydroxylation is 1. The Morgan fingerprint density at radius 2 is 2.00 bits per heavy atom. The van der Waals surface area contributed by atoms with E-state index in [1.54, 1.807) is 0 Å². The van der Waals surface area contributed by atoms with Crippen LogP contribution in [-0.4, -0.2) is 18.1 Å². The molecule has 1 saturated carbocycles. The smallest absolute Gasteiger partial charge is 0.130 e. The zero-order valence-corrected chi connectivity index (χ0v) is 12.2. The Kier molecular flexibility index (Phi) is 4.42. The molecule has 0 amide bonds. The molecule has 0 N–H and O–H groups in total. The van der Waals surface area contributed by atoms with Gasteiger partial charge >= 0.3 is 0 Å². The van der Waals surface area contributed by atoms with E-state index in [0.29, 0.717) is 11.6 Å². The van der Waals surface area contributed by atoms with Crippen LogP contribution in [0.15, 0.2) is 12.1 Å². The maximum atomic E-state index is 9.05. The van der Waals surface area contributed by atoms with Gasteiger partial charge in [0.2, 0.25) is 0 Å². The standard InChI is InChI=1S/C16H23N3/c1-4-13-5-7-15(8-6-13)19(3)16-10-14(11-17)9-12(2)18-16/h9-10,13,15H,4-8H2,1-3H3. The van der Waals surface area contributed by atoms with Crippen molar-refractivity contribution in [1.82, 2.24) is 4.98 Å². The first kappa shape index (κ1) is 13.9. The Morgan fingerprint density at radius 3 is 2.58 bits per heavy atom. The van der Waals surface area contributed by atoms with Crippen molar-refractivity contribution in [2.75, 3.05) is 11.9 Å². The summed E-state index contributed by atoms with van der Waals surface area (Å²) in [5.41, 5.74) is 1.62. The van der Waals surface area contributed by atoms with Crippen LogP contribution in [0.2, 0.25) is 0 Å². The quantitative estimate of drug-likeness (QED) is 0.829. The van der Waals surface area contributed by atoms with Gasteiger partial charge in [0, 0.05) is 18.8 Å². The molecule has 0 spiro atoms. The Balaban J connectivity index is 2.10. The Hall–Kier alpha value is -1.56. The molecule has 1 aliphatic carbocycles. The molecular formula is C16H23N3. The van der Waals surface area contributed by atoms with Crippen molar-refractivity contribution in [1.29, 1.82) is 5.26 Å². The molecule has 1 aliphatic rings. The van der Waals surface area contributed by atoms with E-state index in [-0.39, 0.29) is 0 Å². The minimum Gasteiger partial charge on any atom is -0.357 e. The van der Waals surface area contributed by atoms with Gasteiger partial charge in [-0.05, 0) is 50.7 Å². The molecule has 0 saturated heterocycles. The largest absolute Gasteiger partial charge is 0.357 e. The highest BCUT2D eigenvalue weighted by molar-refractivity contribution is 5.46. The lowest BCUT2D eigenvalue weighted by atomic mass is 9.84. The van der Waals surface area contributed by atoms with Crippen molar-refractivity contribution in [2.45, 2.75) is 52.0 Å². The second kappa shape index (κ2) is 6.06. The van der Waals surface area contributed by atoms with Gasteiger partial charge in [0.05, 0.1) is 11.6 Å². The van der Waals surface area contributed by atoms with Gasteiger partial charge in [0.25, 0.3) is 0 Å². The van der Waals surface area contributed by atoms with Crippen molar-refractivity contribution < 1.29 is 0 Å². The highest BCUT2D eigenvalue weighted by Gasteiger charge is 2.24. The number of nitrogens with zero attached hydrogens (tertiary/aromatic N) is 3. The average molecular weight is 257 g/mol. The predicted molar refractivity (Wildman–Crippen MR) is 78.1 cm³/mol. The lowest BCUT2D eigenvalue weighted by Gasteiger charge is -2.35. The summed E-state index contributed by atoms with van der Waals surface area (Å²) in [4.78, 5) is 6.83. The maximum absolute atomic E-state index is 9.05. The van der Waals surface area contributed by atoms with Crippen LogP contribution >= 0.6 is 0 Å². The first-order chi connectivity index (χ1) is 9.13. The minimum atomic E-state index is 0.573.